The highest BCUT2D eigenvalue weighted by Crippen LogP contribution is 2.42. The maximum absolute atomic E-state index is 13.1. The average molecular weight is 314 g/mol. The summed E-state index contributed by atoms with van der Waals surface area (Å²) < 4.78 is 3.52. The summed E-state index contributed by atoms with van der Waals surface area (Å²) >= 11 is 0. The Kier molecular flexibility index (Phi) is 3.04. The van der Waals surface area contributed by atoms with E-state index in [1.165, 1.54) is 0 Å². The van der Waals surface area contributed by atoms with Crippen molar-refractivity contribution in [3.63, 3.8) is 0 Å². The first-order valence-electron chi connectivity index (χ1n) is 7.78. The molecule has 1 amide bonds. The van der Waals surface area contributed by atoms with Crippen LogP contribution in [-0.4, -0.2) is 48.3 Å². The van der Waals surface area contributed by atoms with E-state index in [0.29, 0.717) is 17.8 Å². The average Bonchev–Trinajstić information content (AvgIpc) is 3.29. The molecule has 1 N–H and O–H groups in total. The van der Waals surface area contributed by atoms with Gasteiger partial charge in [-0.05, 0) is 31.4 Å². The van der Waals surface area contributed by atoms with Crippen LogP contribution in [0.4, 0.5) is 0 Å². The van der Waals surface area contributed by atoms with E-state index in [-0.39, 0.29) is 18.0 Å². The first-order valence-corrected chi connectivity index (χ1v) is 7.78. The molecule has 7 heteroatoms. The third-order valence-electron chi connectivity index (χ3n) is 5.08. The van der Waals surface area contributed by atoms with Crippen molar-refractivity contribution in [3.8, 4) is 5.82 Å². The summed E-state index contributed by atoms with van der Waals surface area (Å²) in [5, 5.41) is 13.6. The summed E-state index contributed by atoms with van der Waals surface area (Å²) in [4.78, 5) is 26.2. The molecule has 4 rings (SSSR count). The van der Waals surface area contributed by atoms with E-state index in [9.17, 15) is 14.7 Å². The van der Waals surface area contributed by atoms with Crippen molar-refractivity contribution >= 4 is 11.9 Å². The molecule has 2 aliphatic heterocycles. The van der Waals surface area contributed by atoms with Gasteiger partial charge >= 0.3 is 5.97 Å². The Morgan fingerprint density at radius 1 is 1.26 bits per heavy atom. The zero-order valence-electron chi connectivity index (χ0n) is 12.8. The summed E-state index contributed by atoms with van der Waals surface area (Å²) in [5.74, 6) is -0.646. The number of amides is 1. The highest BCUT2D eigenvalue weighted by atomic mass is 16.4. The van der Waals surface area contributed by atoms with Gasteiger partial charge in [-0.1, -0.05) is 0 Å². The number of rotatable bonds is 3. The van der Waals surface area contributed by atoms with Crippen molar-refractivity contribution < 1.29 is 14.7 Å². The number of hydrogen-bond acceptors (Lipinski definition) is 3. The molecule has 2 aromatic rings. The number of carbonyl (C=O) groups excluding carboxylic acids is 1. The van der Waals surface area contributed by atoms with Gasteiger partial charge in [-0.3, -0.25) is 14.3 Å². The van der Waals surface area contributed by atoms with Crippen LogP contribution in [0.1, 0.15) is 29.6 Å². The Bertz CT molecular complexity index is 764. The zero-order chi connectivity index (χ0) is 16.1. The minimum absolute atomic E-state index is 0.0336. The lowest BCUT2D eigenvalue weighted by molar-refractivity contribution is -0.142. The first-order chi connectivity index (χ1) is 11.1. The van der Waals surface area contributed by atoms with E-state index in [4.69, 9.17) is 0 Å². The maximum Gasteiger partial charge on any atom is 0.308 e. The van der Waals surface area contributed by atoms with E-state index in [2.05, 4.69) is 5.10 Å². The fraction of sp³-hybridized carbons (Fsp3) is 0.438. The zero-order valence-corrected chi connectivity index (χ0v) is 12.8. The van der Waals surface area contributed by atoms with Crippen molar-refractivity contribution in [3.05, 3.63) is 36.3 Å². The van der Waals surface area contributed by atoms with Gasteiger partial charge in [0.25, 0.3) is 5.91 Å². The van der Waals surface area contributed by atoms with E-state index in [0.717, 1.165) is 12.8 Å². The van der Waals surface area contributed by atoms with Gasteiger partial charge < -0.3 is 14.6 Å². The Hall–Kier alpha value is -2.57. The Labute approximate surface area is 133 Å². The standard InChI is InChI=1S/C16H18N4O3/c1-18-14(19-6-2-3-7-19)12(9-17-18)15(21)20-10-4-5-13(20)11(8-10)16(22)23/h2-3,6-7,9-11,13H,4-5,8H2,1H3,(H,22,23)/t10-,11-,13+/m1/s1. The number of carbonyl (C=O) groups is 2. The lowest BCUT2D eigenvalue weighted by atomic mass is 9.89. The number of fused-ring (bicyclic) bond motifs is 2. The fourth-order valence-corrected chi connectivity index (χ4v) is 4.07. The van der Waals surface area contributed by atoms with Gasteiger partial charge in [-0.25, -0.2) is 0 Å². The quantitative estimate of drug-likeness (QED) is 0.925. The van der Waals surface area contributed by atoms with Crippen LogP contribution in [0, 0.1) is 5.92 Å². The number of aliphatic carboxylic acids is 1. The Morgan fingerprint density at radius 2 is 2.00 bits per heavy atom. The van der Waals surface area contributed by atoms with Crippen LogP contribution in [0.15, 0.2) is 30.7 Å². The van der Waals surface area contributed by atoms with Crippen LogP contribution in [0.25, 0.3) is 5.82 Å². The molecule has 2 fully saturated rings. The predicted octanol–water partition coefficient (Wildman–Crippen LogP) is 1.29. The molecule has 0 aromatic carbocycles. The topological polar surface area (TPSA) is 80.4 Å². The normalized spacial score (nSPS) is 26.0. The molecule has 0 unspecified atom stereocenters. The van der Waals surface area contributed by atoms with Gasteiger partial charge in [0.2, 0.25) is 0 Å². The van der Waals surface area contributed by atoms with Crippen LogP contribution in [0.2, 0.25) is 0 Å². The number of carboxylic acid groups (broad SMARTS) is 1. The van der Waals surface area contributed by atoms with Crippen molar-refractivity contribution in [1.29, 1.82) is 0 Å². The van der Waals surface area contributed by atoms with Crippen LogP contribution >= 0.6 is 0 Å². The summed E-state index contributed by atoms with van der Waals surface area (Å²) in [6, 6.07) is 3.62. The number of aromatic nitrogens is 3. The van der Waals surface area contributed by atoms with E-state index in [1.54, 1.807) is 22.8 Å². The molecule has 2 bridgehead atoms. The summed E-state index contributed by atoms with van der Waals surface area (Å²) in [5.41, 5.74) is 0.520. The van der Waals surface area contributed by atoms with Gasteiger partial charge in [-0.15, -0.1) is 0 Å². The number of aryl methyl sites for hydroxylation is 1. The molecule has 0 saturated carbocycles. The molecule has 2 aliphatic rings. The fourth-order valence-electron chi connectivity index (χ4n) is 4.07. The van der Waals surface area contributed by atoms with Gasteiger partial charge in [-0.2, -0.15) is 5.10 Å². The Morgan fingerprint density at radius 3 is 2.65 bits per heavy atom. The monoisotopic (exact) mass is 314 g/mol. The second-order valence-corrected chi connectivity index (χ2v) is 6.29. The third-order valence-corrected chi connectivity index (χ3v) is 5.08. The van der Waals surface area contributed by atoms with Crippen LogP contribution in [0.5, 0.6) is 0 Å². The largest absolute Gasteiger partial charge is 0.481 e. The predicted molar refractivity (Wildman–Crippen MR) is 81.3 cm³/mol. The van der Waals surface area contributed by atoms with Gasteiger partial charge in [0.05, 0.1) is 12.1 Å². The van der Waals surface area contributed by atoms with E-state index in [1.807, 2.05) is 29.1 Å². The van der Waals surface area contributed by atoms with Gasteiger partial charge in [0.1, 0.15) is 11.4 Å². The SMILES string of the molecule is Cn1ncc(C(=O)N2[C@@H]3CC[C@H]2[C@H](C(=O)O)C3)c1-n1cccc1. The lowest BCUT2D eigenvalue weighted by Gasteiger charge is -2.23. The first kappa shape index (κ1) is 14.0. The highest BCUT2D eigenvalue weighted by Gasteiger charge is 2.51. The van der Waals surface area contributed by atoms with Gasteiger partial charge in [0.15, 0.2) is 0 Å². The summed E-state index contributed by atoms with van der Waals surface area (Å²) in [6.07, 6.45) is 7.53. The highest BCUT2D eigenvalue weighted by molar-refractivity contribution is 5.98. The molecular formula is C16H18N4O3. The minimum atomic E-state index is -0.799. The molecular weight excluding hydrogens is 296 g/mol. The molecule has 3 atom stereocenters. The maximum atomic E-state index is 13.1. The summed E-state index contributed by atoms with van der Waals surface area (Å²) in [6.45, 7) is 0. The molecule has 2 saturated heterocycles. The number of hydrogen-bond donors (Lipinski definition) is 1. The van der Waals surface area contributed by atoms with Crippen molar-refractivity contribution in [1.82, 2.24) is 19.2 Å². The van der Waals surface area contributed by atoms with E-state index >= 15 is 0 Å². The molecule has 23 heavy (non-hydrogen) atoms. The van der Waals surface area contributed by atoms with Gasteiger partial charge in [0, 0.05) is 31.5 Å². The molecule has 0 aliphatic carbocycles. The second kappa shape index (κ2) is 4.97. The third kappa shape index (κ3) is 1.99. The number of nitrogens with zero attached hydrogens (tertiary/aromatic N) is 4. The molecule has 2 aromatic heterocycles. The lowest BCUT2D eigenvalue weighted by Crippen LogP contribution is -2.38. The van der Waals surface area contributed by atoms with Crippen LogP contribution in [-0.2, 0) is 11.8 Å². The molecule has 7 nitrogen and oxygen atoms in total. The molecule has 4 heterocycles. The van der Waals surface area contributed by atoms with Crippen molar-refractivity contribution in [2.75, 3.05) is 0 Å². The molecule has 120 valence electrons. The second-order valence-electron chi connectivity index (χ2n) is 6.29. The smallest absolute Gasteiger partial charge is 0.308 e. The molecule has 0 radical (unpaired) electrons. The van der Waals surface area contributed by atoms with Crippen LogP contribution in [0.3, 0.4) is 0 Å². The van der Waals surface area contributed by atoms with Crippen molar-refractivity contribution in [2.45, 2.75) is 31.3 Å². The summed E-state index contributed by atoms with van der Waals surface area (Å²) in [7, 11) is 1.80. The van der Waals surface area contributed by atoms with Crippen LogP contribution < -0.4 is 0 Å². The van der Waals surface area contributed by atoms with E-state index < -0.39 is 11.9 Å². The molecule has 0 spiro atoms. The minimum Gasteiger partial charge on any atom is -0.481 e. The van der Waals surface area contributed by atoms with Crippen molar-refractivity contribution in [2.24, 2.45) is 13.0 Å². The number of carboxylic acids is 1. The Balaban J connectivity index is 1.70.